The van der Waals surface area contributed by atoms with Gasteiger partial charge in [0.25, 0.3) is 0 Å². The van der Waals surface area contributed by atoms with E-state index >= 15 is 0 Å². The van der Waals surface area contributed by atoms with Gasteiger partial charge in [-0.05, 0) is 18.8 Å². The average Bonchev–Trinajstić information content (AvgIpc) is 2.22. The van der Waals surface area contributed by atoms with Crippen LogP contribution in [0.15, 0.2) is 0 Å². The molecule has 0 aromatic rings. The molecule has 4 nitrogen and oxygen atoms in total. The highest BCUT2D eigenvalue weighted by Crippen LogP contribution is 2.30. The second kappa shape index (κ2) is 6.51. The summed E-state index contributed by atoms with van der Waals surface area (Å²) in [6.07, 6.45) is 1.28. The molecule has 0 aromatic carbocycles. The van der Waals surface area contributed by atoms with Crippen molar-refractivity contribution in [1.29, 1.82) is 0 Å². The smallest absolute Gasteiger partial charge is 0.306 e. The highest BCUT2D eigenvalue weighted by atomic mass is 16.6. The first-order valence-electron chi connectivity index (χ1n) is 5.81. The van der Waals surface area contributed by atoms with Crippen LogP contribution in [0.5, 0.6) is 0 Å². The molecule has 0 aliphatic rings. The third-order valence-corrected chi connectivity index (χ3v) is 3.11. The Balaban J connectivity index is 4.40. The number of carboxylic acid groups (broad SMARTS) is 1. The first-order valence-corrected chi connectivity index (χ1v) is 5.81. The Hall–Kier alpha value is -1.06. The fourth-order valence-corrected chi connectivity index (χ4v) is 1.82. The molecular weight excluding hydrogens is 208 g/mol. The van der Waals surface area contributed by atoms with Crippen molar-refractivity contribution in [3.63, 3.8) is 0 Å². The number of carboxylic acids is 1. The zero-order chi connectivity index (χ0) is 12.8. The van der Waals surface area contributed by atoms with Crippen LogP contribution in [0.4, 0.5) is 0 Å². The van der Waals surface area contributed by atoms with Crippen molar-refractivity contribution < 1.29 is 19.4 Å². The molecule has 0 aliphatic heterocycles. The summed E-state index contributed by atoms with van der Waals surface area (Å²) < 4.78 is 5.45. The normalized spacial score (nSPS) is 11.6. The van der Waals surface area contributed by atoms with E-state index in [2.05, 4.69) is 0 Å². The van der Waals surface area contributed by atoms with E-state index in [9.17, 15) is 9.59 Å². The monoisotopic (exact) mass is 230 g/mol. The lowest BCUT2D eigenvalue weighted by Crippen LogP contribution is -2.39. The Labute approximate surface area is 97.0 Å². The third kappa shape index (κ3) is 4.21. The zero-order valence-corrected chi connectivity index (χ0v) is 10.6. The minimum atomic E-state index is -0.972. The maximum atomic E-state index is 11.5. The van der Waals surface area contributed by atoms with Crippen LogP contribution in [0, 0.1) is 5.92 Å². The van der Waals surface area contributed by atoms with Crippen molar-refractivity contribution in [2.24, 2.45) is 5.92 Å². The molecule has 0 radical (unpaired) electrons. The highest BCUT2D eigenvalue weighted by molar-refractivity contribution is 5.76. The first kappa shape index (κ1) is 14.9. The molecule has 0 amide bonds. The molecule has 0 saturated carbocycles. The minimum absolute atomic E-state index is 0.0518. The number of ether oxygens (including phenoxy) is 1. The molecule has 1 N–H and O–H groups in total. The summed E-state index contributed by atoms with van der Waals surface area (Å²) in [5.41, 5.74) is -0.449. The van der Waals surface area contributed by atoms with E-state index in [-0.39, 0.29) is 18.8 Å². The van der Waals surface area contributed by atoms with Crippen LogP contribution in [0.25, 0.3) is 0 Å². The SMILES string of the molecule is CCC(CC)(OC(=O)CCC(=O)O)C(C)C. The second-order valence-corrected chi connectivity index (χ2v) is 4.29. The summed E-state index contributed by atoms with van der Waals surface area (Å²) >= 11 is 0. The van der Waals surface area contributed by atoms with Crippen molar-refractivity contribution in [3.8, 4) is 0 Å². The van der Waals surface area contributed by atoms with Crippen LogP contribution in [0.3, 0.4) is 0 Å². The molecule has 0 aromatic heterocycles. The van der Waals surface area contributed by atoms with Crippen molar-refractivity contribution in [1.82, 2.24) is 0 Å². The summed E-state index contributed by atoms with van der Waals surface area (Å²) in [7, 11) is 0. The molecule has 0 heterocycles. The van der Waals surface area contributed by atoms with E-state index in [4.69, 9.17) is 9.84 Å². The Morgan fingerprint density at radius 1 is 1.19 bits per heavy atom. The average molecular weight is 230 g/mol. The van der Waals surface area contributed by atoms with Crippen LogP contribution in [-0.4, -0.2) is 22.6 Å². The van der Waals surface area contributed by atoms with Crippen molar-refractivity contribution in [2.45, 2.75) is 59.0 Å². The lowest BCUT2D eigenvalue weighted by Gasteiger charge is -2.35. The van der Waals surface area contributed by atoms with Crippen LogP contribution >= 0.6 is 0 Å². The molecule has 0 unspecified atom stereocenters. The summed E-state index contributed by atoms with van der Waals surface area (Å²) in [5.74, 6) is -1.16. The topological polar surface area (TPSA) is 63.6 Å². The Bertz CT molecular complexity index is 241. The molecule has 0 aliphatic carbocycles. The molecule has 0 spiro atoms. The number of aliphatic carboxylic acids is 1. The number of hydrogen-bond acceptors (Lipinski definition) is 3. The van der Waals surface area contributed by atoms with Gasteiger partial charge in [0.1, 0.15) is 5.60 Å². The van der Waals surface area contributed by atoms with Gasteiger partial charge < -0.3 is 9.84 Å². The van der Waals surface area contributed by atoms with Crippen molar-refractivity contribution in [3.05, 3.63) is 0 Å². The van der Waals surface area contributed by atoms with E-state index in [1.807, 2.05) is 27.7 Å². The van der Waals surface area contributed by atoms with E-state index in [1.165, 1.54) is 0 Å². The van der Waals surface area contributed by atoms with E-state index in [0.717, 1.165) is 12.8 Å². The van der Waals surface area contributed by atoms with Crippen LogP contribution in [0.1, 0.15) is 53.4 Å². The van der Waals surface area contributed by atoms with Gasteiger partial charge in [-0.3, -0.25) is 9.59 Å². The van der Waals surface area contributed by atoms with E-state index in [0.29, 0.717) is 0 Å². The molecule has 4 heteroatoms. The quantitative estimate of drug-likeness (QED) is 0.683. The van der Waals surface area contributed by atoms with Gasteiger partial charge in [0.2, 0.25) is 0 Å². The highest BCUT2D eigenvalue weighted by Gasteiger charge is 2.34. The second-order valence-electron chi connectivity index (χ2n) is 4.29. The number of esters is 1. The predicted molar refractivity (Wildman–Crippen MR) is 61.1 cm³/mol. The molecule has 16 heavy (non-hydrogen) atoms. The first-order chi connectivity index (χ1) is 7.38. The number of hydrogen-bond donors (Lipinski definition) is 1. The molecule has 0 fully saturated rings. The molecule has 94 valence electrons. The van der Waals surface area contributed by atoms with Crippen molar-refractivity contribution >= 4 is 11.9 Å². The molecule has 0 rings (SSSR count). The predicted octanol–water partition coefficient (Wildman–Crippen LogP) is 2.61. The minimum Gasteiger partial charge on any atom is -0.481 e. The lowest BCUT2D eigenvalue weighted by atomic mass is 9.85. The Morgan fingerprint density at radius 3 is 2.00 bits per heavy atom. The fraction of sp³-hybridized carbons (Fsp3) is 0.833. The number of carbonyl (C=O) groups is 2. The zero-order valence-electron chi connectivity index (χ0n) is 10.6. The van der Waals surface area contributed by atoms with Crippen LogP contribution in [0.2, 0.25) is 0 Å². The molecule has 0 bridgehead atoms. The lowest BCUT2D eigenvalue weighted by molar-refractivity contribution is -0.167. The molecular formula is C12H22O4. The summed E-state index contributed by atoms with van der Waals surface area (Å²) in [6, 6.07) is 0. The maximum Gasteiger partial charge on any atom is 0.306 e. The van der Waals surface area contributed by atoms with Gasteiger partial charge in [0.15, 0.2) is 0 Å². The third-order valence-electron chi connectivity index (χ3n) is 3.11. The molecule has 0 saturated heterocycles. The van der Waals surface area contributed by atoms with Crippen LogP contribution in [-0.2, 0) is 14.3 Å². The number of carbonyl (C=O) groups excluding carboxylic acids is 1. The fourth-order valence-electron chi connectivity index (χ4n) is 1.82. The van der Waals surface area contributed by atoms with Gasteiger partial charge in [-0.25, -0.2) is 0 Å². The van der Waals surface area contributed by atoms with Gasteiger partial charge in [-0.2, -0.15) is 0 Å². The summed E-state index contributed by atoms with van der Waals surface area (Å²) in [5, 5.41) is 8.48. The molecule has 0 atom stereocenters. The van der Waals surface area contributed by atoms with E-state index < -0.39 is 17.5 Å². The standard InChI is InChI=1S/C12H22O4/c1-5-12(6-2,9(3)4)16-11(15)8-7-10(13)14/h9H,5-8H2,1-4H3,(H,13,14). The maximum absolute atomic E-state index is 11.5. The van der Waals surface area contributed by atoms with Gasteiger partial charge >= 0.3 is 11.9 Å². The Kier molecular flexibility index (Phi) is 6.08. The largest absolute Gasteiger partial charge is 0.481 e. The van der Waals surface area contributed by atoms with Gasteiger partial charge in [0, 0.05) is 0 Å². The van der Waals surface area contributed by atoms with E-state index in [1.54, 1.807) is 0 Å². The Morgan fingerprint density at radius 2 is 1.69 bits per heavy atom. The number of rotatable bonds is 7. The van der Waals surface area contributed by atoms with Gasteiger partial charge in [0.05, 0.1) is 12.8 Å². The van der Waals surface area contributed by atoms with Gasteiger partial charge in [-0.1, -0.05) is 27.7 Å². The van der Waals surface area contributed by atoms with Gasteiger partial charge in [-0.15, -0.1) is 0 Å². The van der Waals surface area contributed by atoms with Crippen molar-refractivity contribution in [2.75, 3.05) is 0 Å². The van der Waals surface area contributed by atoms with Crippen LogP contribution < -0.4 is 0 Å². The summed E-state index contributed by atoms with van der Waals surface area (Å²) in [4.78, 5) is 21.8. The summed E-state index contributed by atoms with van der Waals surface area (Å²) in [6.45, 7) is 7.98.